The first-order valence-electron chi connectivity index (χ1n) is 12.2. The number of halogens is 2. The van der Waals surface area contributed by atoms with Crippen LogP contribution in [0.4, 0.5) is 0 Å². The molecule has 0 radical (unpaired) electrons. The lowest BCUT2D eigenvalue weighted by Crippen LogP contribution is -2.49. The Labute approximate surface area is 218 Å². The molecular formula is C26H32Cl2N2O4S. The fraction of sp³-hybridized carbons (Fsp3) is 0.500. The van der Waals surface area contributed by atoms with Crippen LogP contribution in [-0.4, -0.2) is 37.3 Å². The molecule has 2 heterocycles. The van der Waals surface area contributed by atoms with Gasteiger partial charge in [-0.15, -0.1) is 0 Å². The van der Waals surface area contributed by atoms with E-state index in [4.69, 9.17) is 27.9 Å². The maximum Gasteiger partial charge on any atom is 0.224 e. The van der Waals surface area contributed by atoms with Gasteiger partial charge in [-0.3, -0.25) is 4.79 Å². The summed E-state index contributed by atoms with van der Waals surface area (Å²) in [5.41, 5.74) is 1.22. The van der Waals surface area contributed by atoms with Gasteiger partial charge in [-0.25, -0.2) is 12.7 Å². The molecule has 0 aromatic heterocycles. The second-order valence-corrected chi connectivity index (χ2v) is 12.3. The lowest BCUT2D eigenvalue weighted by molar-refractivity contribution is -0.127. The number of para-hydroxylation sites is 1. The molecule has 0 saturated carbocycles. The summed E-state index contributed by atoms with van der Waals surface area (Å²) >= 11 is 12.0. The molecule has 0 bridgehead atoms. The molecule has 0 unspecified atom stereocenters. The Morgan fingerprint density at radius 3 is 2.60 bits per heavy atom. The van der Waals surface area contributed by atoms with E-state index in [-0.39, 0.29) is 29.8 Å². The molecule has 190 valence electrons. The monoisotopic (exact) mass is 538 g/mol. The first kappa shape index (κ1) is 26.3. The van der Waals surface area contributed by atoms with Crippen molar-refractivity contribution in [3.8, 4) is 5.75 Å². The highest BCUT2D eigenvalue weighted by atomic mass is 35.5. The summed E-state index contributed by atoms with van der Waals surface area (Å²) < 4.78 is 34.1. The Morgan fingerprint density at radius 1 is 1.14 bits per heavy atom. The molecule has 35 heavy (non-hydrogen) atoms. The maximum atomic E-state index is 13.4. The zero-order valence-electron chi connectivity index (χ0n) is 20.1. The Bertz CT molecular complexity index is 1180. The molecule has 2 aliphatic heterocycles. The van der Waals surface area contributed by atoms with Crippen molar-refractivity contribution in [2.75, 3.05) is 13.1 Å². The van der Waals surface area contributed by atoms with E-state index in [2.05, 4.69) is 19.2 Å². The molecule has 9 heteroatoms. The van der Waals surface area contributed by atoms with E-state index in [0.717, 1.165) is 24.2 Å². The number of rotatable bonds is 7. The molecule has 4 rings (SSSR count). The van der Waals surface area contributed by atoms with Crippen molar-refractivity contribution in [1.82, 2.24) is 9.62 Å². The number of benzene rings is 2. The molecular weight excluding hydrogens is 507 g/mol. The molecule has 2 atom stereocenters. The number of amides is 1. The molecule has 2 aromatic rings. The quantitative estimate of drug-likeness (QED) is 0.488. The third-order valence-corrected chi connectivity index (χ3v) is 9.84. The van der Waals surface area contributed by atoms with Crippen LogP contribution in [0.1, 0.15) is 63.1 Å². The van der Waals surface area contributed by atoms with E-state index in [0.29, 0.717) is 41.4 Å². The van der Waals surface area contributed by atoms with Gasteiger partial charge < -0.3 is 10.1 Å². The van der Waals surface area contributed by atoms with Gasteiger partial charge in [0.05, 0.1) is 27.8 Å². The first-order valence-corrected chi connectivity index (χ1v) is 14.5. The minimum atomic E-state index is -3.61. The zero-order chi connectivity index (χ0) is 25.2. The van der Waals surface area contributed by atoms with Crippen molar-refractivity contribution in [1.29, 1.82) is 0 Å². The fourth-order valence-corrected chi connectivity index (χ4v) is 6.98. The molecule has 1 fully saturated rings. The van der Waals surface area contributed by atoms with Crippen LogP contribution in [0.15, 0.2) is 42.5 Å². The summed E-state index contributed by atoms with van der Waals surface area (Å²) in [5, 5.41) is 3.93. The molecule has 1 N–H and O–H groups in total. The van der Waals surface area contributed by atoms with Gasteiger partial charge in [0, 0.05) is 25.1 Å². The molecule has 6 nitrogen and oxygen atoms in total. The molecule has 2 aliphatic rings. The van der Waals surface area contributed by atoms with Gasteiger partial charge in [0.25, 0.3) is 0 Å². The van der Waals surface area contributed by atoms with Crippen molar-refractivity contribution in [2.24, 2.45) is 5.92 Å². The van der Waals surface area contributed by atoms with Crippen LogP contribution in [0.25, 0.3) is 0 Å². The van der Waals surface area contributed by atoms with Crippen molar-refractivity contribution in [2.45, 2.75) is 63.3 Å². The van der Waals surface area contributed by atoms with Crippen LogP contribution >= 0.6 is 23.2 Å². The van der Waals surface area contributed by atoms with Crippen LogP contribution in [0.2, 0.25) is 10.0 Å². The number of hydrogen-bond donors (Lipinski definition) is 1. The normalized spacial score (nSPS) is 22.2. The van der Waals surface area contributed by atoms with E-state index in [1.165, 1.54) is 4.31 Å². The van der Waals surface area contributed by atoms with Crippen LogP contribution < -0.4 is 10.1 Å². The van der Waals surface area contributed by atoms with Crippen LogP contribution in [-0.2, 0) is 20.6 Å². The number of nitrogens with zero attached hydrogens (tertiary/aromatic N) is 1. The number of sulfonamides is 1. The lowest BCUT2D eigenvalue weighted by Gasteiger charge is -2.42. The zero-order valence-corrected chi connectivity index (χ0v) is 22.4. The smallest absolute Gasteiger partial charge is 0.224 e. The van der Waals surface area contributed by atoms with Gasteiger partial charge in [-0.05, 0) is 49.4 Å². The number of carbonyl (C=O) groups excluding carboxylic acids is 1. The standard InChI is InChI=1S/C26H32Cl2N2O4S/c1-3-26(4-2)15-23(20-9-5-6-10-24(20)34-26)29-25(31)19-8-7-13-30(16-19)35(32,33)17-18-11-12-21(27)22(28)14-18/h5-6,9-12,14,19,23H,3-4,7-8,13,15-17H2,1-2H3,(H,29,31)/t19-,23+/m1/s1. The molecule has 0 aliphatic carbocycles. The van der Waals surface area contributed by atoms with Crippen molar-refractivity contribution in [3.63, 3.8) is 0 Å². The molecule has 1 saturated heterocycles. The van der Waals surface area contributed by atoms with E-state index >= 15 is 0 Å². The number of piperidine rings is 1. The molecule has 2 aromatic carbocycles. The number of ether oxygens (including phenoxy) is 1. The maximum absolute atomic E-state index is 13.4. The number of hydrogen-bond acceptors (Lipinski definition) is 4. The largest absolute Gasteiger partial charge is 0.487 e. The van der Waals surface area contributed by atoms with E-state index < -0.39 is 15.9 Å². The van der Waals surface area contributed by atoms with E-state index in [1.54, 1.807) is 18.2 Å². The van der Waals surface area contributed by atoms with Gasteiger partial charge in [0.1, 0.15) is 11.4 Å². The number of fused-ring (bicyclic) bond motifs is 1. The average molecular weight is 540 g/mol. The summed E-state index contributed by atoms with van der Waals surface area (Å²) in [6, 6.07) is 12.5. The third kappa shape index (κ3) is 5.79. The summed E-state index contributed by atoms with van der Waals surface area (Å²) in [6.45, 7) is 4.79. The van der Waals surface area contributed by atoms with Crippen molar-refractivity contribution >= 4 is 39.1 Å². The Kier molecular flexibility index (Phi) is 8.01. The third-order valence-electron chi connectivity index (χ3n) is 7.28. The van der Waals surface area contributed by atoms with Crippen LogP contribution in [0.5, 0.6) is 5.75 Å². The first-order chi connectivity index (χ1) is 16.7. The summed E-state index contributed by atoms with van der Waals surface area (Å²) in [6.07, 6.45) is 3.66. The highest BCUT2D eigenvalue weighted by Crippen LogP contribution is 2.42. The fourth-order valence-electron chi connectivity index (χ4n) is 5.06. The van der Waals surface area contributed by atoms with E-state index in [1.807, 2.05) is 24.3 Å². The minimum absolute atomic E-state index is 0.109. The second-order valence-electron chi connectivity index (χ2n) is 9.50. The average Bonchev–Trinajstić information content (AvgIpc) is 2.86. The Hall–Kier alpha value is -1.80. The summed E-state index contributed by atoms with van der Waals surface area (Å²) in [5.74, 6) is 0.116. The van der Waals surface area contributed by atoms with Gasteiger partial charge in [0.15, 0.2) is 0 Å². The lowest BCUT2D eigenvalue weighted by atomic mass is 9.83. The van der Waals surface area contributed by atoms with Gasteiger partial charge in [0.2, 0.25) is 15.9 Å². The van der Waals surface area contributed by atoms with Crippen LogP contribution in [0, 0.1) is 5.92 Å². The Balaban J connectivity index is 1.47. The van der Waals surface area contributed by atoms with Crippen molar-refractivity contribution < 1.29 is 17.9 Å². The van der Waals surface area contributed by atoms with E-state index in [9.17, 15) is 13.2 Å². The summed E-state index contributed by atoms with van der Waals surface area (Å²) in [4.78, 5) is 13.4. The van der Waals surface area contributed by atoms with Gasteiger partial charge >= 0.3 is 0 Å². The second kappa shape index (κ2) is 10.7. The molecule has 0 spiro atoms. The SMILES string of the molecule is CCC1(CC)C[C@H](NC(=O)[C@@H]2CCCN(S(=O)(=O)Cc3ccc(Cl)c(Cl)c3)C2)c2ccccc2O1. The number of carbonyl (C=O) groups is 1. The van der Waals surface area contributed by atoms with Gasteiger partial charge in [-0.2, -0.15) is 0 Å². The molecule has 1 amide bonds. The predicted molar refractivity (Wildman–Crippen MR) is 139 cm³/mol. The highest BCUT2D eigenvalue weighted by molar-refractivity contribution is 7.88. The summed E-state index contributed by atoms with van der Waals surface area (Å²) in [7, 11) is -3.61. The highest BCUT2D eigenvalue weighted by Gasteiger charge is 2.40. The number of nitrogens with one attached hydrogen (secondary N) is 1. The minimum Gasteiger partial charge on any atom is -0.487 e. The van der Waals surface area contributed by atoms with Crippen molar-refractivity contribution in [3.05, 3.63) is 63.6 Å². The van der Waals surface area contributed by atoms with Crippen LogP contribution in [0.3, 0.4) is 0 Å². The Morgan fingerprint density at radius 2 is 1.89 bits per heavy atom. The predicted octanol–water partition coefficient (Wildman–Crippen LogP) is 5.73. The van der Waals surface area contributed by atoms with Gasteiger partial charge in [-0.1, -0.05) is 61.3 Å². The topological polar surface area (TPSA) is 75.7 Å².